The second kappa shape index (κ2) is 12.1. The van der Waals surface area contributed by atoms with Crippen LogP contribution >= 0.6 is 39.0 Å². The standard InChI is InChI=1S/C29H28Cl2P2/c30-29(31,21-23-32(25-13-5-1-6-14-25)26-15-7-2-8-16-26)22-24-33(27-17-9-3-10-18-27)28-19-11-4-12-20-28/h1-20H,21-24H2. The van der Waals surface area contributed by atoms with Gasteiger partial charge in [0, 0.05) is 0 Å². The van der Waals surface area contributed by atoms with Gasteiger partial charge in [0.2, 0.25) is 0 Å². The summed E-state index contributed by atoms with van der Waals surface area (Å²) >= 11 is 13.9. The number of hydrogen-bond acceptors (Lipinski definition) is 0. The zero-order valence-corrected chi connectivity index (χ0v) is 21.8. The van der Waals surface area contributed by atoms with Gasteiger partial charge < -0.3 is 0 Å². The van der Waals surface area contributed by atoms with E-state index in [2.05, 4.69) is 121 Å². The number of benzene rings is 4. The molecule has 4 aromatic carbocycles. The Hall–Kier alpha value is -1.68. The first-order valence-corrected chi connectivity index (χ1v) is 15.1. The molecule has 0 radical (unpaired) electrons. The first kappa shape index (κ1) is 24.4. The Morgan fingerprint density at radius 1 is 0.424 bits per heavy atom. The van der Waals surface area contributed by atoms with Crippen molar-refractivity contribution in [2.24, 2.45) is 0 Å². The summed E-state index contributed by atoms with van der Waals surface area (Å²) in [5.41, 5.74) is 0. The highest BCUT2D eigenvalue weighted by Crippen LogP contribution is 2.43. The minimum absolute atomic E-state index is 0.493. The van der Waals surface area contributed by atoms with Crippen LogP contribution in [0.15, 0.2) is 121 Å². The Bertz CT molecular complexity index is 920. The summed E-state index contributed by atoms with van der Waals surface area (Å²) in [5, 5.41) is 5.50. The highest BCUT2D eigenvalue weighted by Gasteiger charge is 2.28. The maximum atomic E-state index is 6.96. The number of hydrogen-bond donors (Lipinski definition) is 0. The highest BCUT2D eigenvalue weighted by atomic mass is 35.5. The zero-order chi connectivity index (χ0) is 22.9. The largest absolute Gasteiger partial charge is 0.119 e. The second-order valence-corrected chi connectivity index (χ2v) is 14.3. The summed E-state index contributed by atoms with van der Waals surface area (Å²) < 4.78 is -0.742. The summed E-state index contributed by atoms with van der Waals surface area (Å²) in [6, 6.07) is 43.1. The molecule has 4 heteroatoms. The smallest absolute Gasteiger partial charge is 0.102 e. The molecular formula is C29H28Cl2P2. The molecular weight excluding hydrogens is 481 g/mol. The molecule has 0 saturated heterocycles. The lowest BCUT2D eigenvalue weighted by atomic mass is 10.2. The molecule has 0 fully saturated rings. The predicted octanol–water partition coefficient (Wildman–Crippen LogP) is 7.21. The van der Waals surface area contributed by atoms with Gasteiger partial charge in [-0.3, -0.25) is 0 Å². The van der Waals surface area contributed by atoms with Crippen molar-refractivity contribution in [3.8, 4) is 0 Å². The van der Waals surface area contributed by atoms with Crippen LogP contribution < -0.4 is 21.2 Å². The maximum Gasteiger partial charge on any atom is 0.119 e. The fraction of sp³-hybridized carbons (Fsp3) is 0.172. The molecule has 0 aliphatic carbocycles. The summed E-state index contributed by atoms with van der Waals surface area (Å²) in [7, 11) is -0.985. The van der Waals surface area contributed by atoms with Crippen molar-refractivity contribution in [2.45, 2.75) is 17.2 Å². The molecule has 0 heterocycles. The average molecular weight is 509 g/mol. The van der Waals surface area contributed by atoms with E-state index in [1.165, 1.54) is 21.2 Å². The van der Waals surface area contributed by atoms with Crippen molar-refractivity contribution in [2.75, 3.05) is 12.3 Å². The van der Waals surface area contributed by atoms with Gasteiger partial charge in [0.05, 0.1) is 0 Å². The Balaban J connectivity index is 1.47. The maximum absolute atomic E-state index is 6.96. The van der Waals surface area contributed by atoms with Crippen molar-refractivity contribution in [3.05, 3.63) is 121 Å². The molecule has 0 aliphatic heterocycles. The second-order valence-electron chi connectivity index (χ2n) is 8.00. The molecule has 0 atom stereocenters. The zero-order valence-electron chi connectivity index (χ0n) is 18.5. The van der Waals surface area contributed by atoms with Gasteiger partial charge in [-0.2, -0.15) is 0 Å². The van der Waals surface area contributed by atoms with Crippen LogP contribution in [0.2, 0.25) is 0 Å². The third-order valence-electron chi connectivity index (χ3n) is 5.67. The normalized spacial score (nSPS) is 11.8. The Morgan fingerprint density at radius 2 is 0.667 bits per heavy atom. The first-order valence-electron chi connectivity index (χ1n) is 11.3. The van der Waals surface area contributed by atoms with E-state index in [0.717, 1.165) is 25.2 Å². The van der Waals surface area contributed by atoms with E-state index in [1.807, 2.05) is 0 Å². The minimum Gasteiger partial charge on any atom is -0.102 e. The number of halogens is 2. The molecule has 0 saturated carbocycles. The molecule has 0 amide bonds. The number of rotatable bonds is 10. The van der Waals surface area contributed by atoms with Crippen LogP contribution in [0.5, 0.6) is 0 Å². The van der Waals surface area contributed by atoms with E-state index in [9.17, 15) is 0 Å². The highest BCUT2D eigenvalue weighted by molar-refractivity contribution is 7.73. The lowest BCUT2D eigenvalue weighted by molar-refractivity contribution is 0.725. The molecule has 0 nitrogen and oxygen atoms in total. The van der Waals surface area contributed by atoms with Crippen LogP contribution in [0.3, 0.4) is 0 Å². The summed E-state index contributed by atoms with van der Waals surface area (Å²) in [6.45, 7) is 0. The predicted molar refractivity (Wildman–Crippen MR) is 152 cm³/mol. The van der Waals surface area contributed by atoms with Crippen molar-refractivity contribution < 1.29 is 0 Å². The molecule has 0 aromatic heterocycles. The van der Waals surface area contributed by atoms with Gasteiger partial charge in [0.15, 0.2) is 0 Å². The summed E-state index contributed by atoms with van der Waals surface area (Å²) in [4.78, 5) is 0. The van der Waals surface area contributed by atoms with Crippen LogP contribution in [0, 0.1) is 0 Å². The van der Waals surface area contributed by atoms with E-state index in [0.29, 0.717) is 0 Å². The fourth-order valence-corrected chi connectivity index (χ4v) is 9.79. The Labute approximate surface area is 210 Å². The molecule has 4 aromatic rings. The SMILES string of the molecule is ClC(Cl)(CCP(c1ccccc1)c1ccccc1)CCP(c1ccccc1)c1ccccc1. The summed E-state index contributed by atoms with van der Waals surface area (Å²) in [6.07, 6.45) is 3.51. The van der Waals surface area contributed by atoms with Crippen LogP contribution in [0.25, 0.3) is 0 Å². The van der Waals surface area contributed by atoms with Crippen LogP contribution in [0.1, 0.15) is 12.8 Å². The monoisotopic (exact) mass is 508 g/mol. The van der Waals surface area contributed by atoms with Crippen molar-refractivity contribution >= 4 is 60.3 Å². The molecule has 0 spiro atoms. The molecule has 4 rings (SSSR count). The van der Waals surface area contributed by atoms with Gasteiger partial charge in [-0.1, -0.05) is 121 Å². The van der Waals surface area contributed by atoms with Crippen LogP contribution in [-0.4, -0.2) is 16.7 Å². The van der Waals surface area contributed by atoms with E-state index in [1.54, 1.807) is 0 Å². The van der Waals surface area contributed by atoms with E-state index in [4.69, 9.17) is 23.2 Å². The molecule has 33 heavy (non-hydrogen) atoms. The van der Waals surface area contributed by atoms with Crippen LogP contribution in [-0.2, 0) is 0 Å². The minimum atomic E-state index is -0.742. The van der Waals surface area contributed by atoms with E-state index < -0.39 is 20.2 Å². The summed E-state index contributed by atoms with van der Waals surface area (Å²) in [5.74, 6) is 0. The van der Waals surface area contributed by atoms with Gasteiger partial charge in [-0.05, 0) is 62.2 Å². The molecule has 0 unspecified atom stereocenters. The average Bonchev–Trinajstić information content (AvgIpc) is 2.87. The molecule has 0 aliphatic rings. The van der Waals surface area contributed by atoms with Crippen molar-refractivity contribution in [1.29, 1.82) is 0 Å². The van der Waals surface area contributed by atoms with Gasteiger partial charge >= 0.3 is 0 Å². The van der Waals surface area contributed by atoms with Crippen molar-refractivity contribution in [1.82, 2.24) is 0 Å². The third-order valence-corrected chi connectivity index (χ3v) is 11.5. The van der Waals surface area contributed by atoms with E-state index in [-0.39, 0.29) is 0 Å². The quantitative estimate of drug-likeness (QED) is 0.157. The fourth-order valence-electron chi connectivity index (χ4n) is 3.92. The molecule has 168 valence electrons. The van der Waals surface area contributed by atoms with Gasteiger partial charge in [0.25, 0.3) is 0 Å². The van der Waals surface area contributed by atoms with E-state index >= 15 is 0 Å². The molecule has 0 N–H and O–H groups in total. The van der Waals surface area contributed by atoms with Crippen molar-refractivity contribution in [3.63, 3.8) is 0 Å². The Kier molecular flexibility index (Phi) is 9.00. The van der Waals surface area contributed by atoms with Gasteiger partial charge in [-0.25, -0.2) is 0 Å². The number of alkyl halides is 2. The molecule has 0 bridgehead atoms. The lowest BCUT2D eigenvalue weighted by Gasteiger charge is -2.27. The topological polar surface area (TPSA) is 0 Å². The lowest BCUT2D eigenvalue weighted by Crippen LogP contribution is -2.23. The van der Waals surface area contributed by atoms with Gasteiger partial charge in [0.1, 0.15) is 4.33 Å². The third kappa shape index (κ3) is 7.15. The van der Waals surface area contributed by atoms with Crippen LogP contribution in [0.4, 0.5) is 0 Å². The first-order chi connectivity index (χ1) is 16.1. The van der Waals surface area contributed by atoms with Gasteiger partial charge in [-0.15, -0.1) is 23.2 Å². The Morgan fingerprint density at radius 3 is 0.909 bits per heavy atom.